The van der Waals surface area contributed by atoms with Crippen molar-refractivity contribution in [1.29, 1.82) is 0 Å². The molecule has 0 radical (unpaired) electrons. The number of nitrogens with one attached hydrogen (secondary N) is 1. The Morgan fingerprint density at radius 3 is 2.70 bits per heavy atom. The van der Waals surface area contributed by atoms with E-state index in [1.807, 2.05) is 12.1 Å². The van der Waals surface area contributed by atoms with Crippen molar-refractivity contribution in [3.8, 4) is 22.1 Å². The van der Waals surface area contributed by atoms with E-state index < -0.39 is 0 Å². The van der Waals surface area contributed by atoms with Gasteiger partial charge in [-0.05, 0) is 34.5 Å². The van der Waals surface area contributed by atoms with E-state index in [2.05, 4.69) is 38.4 Å². The molecular weight excluding hydrogens is 342 g/mol. The molecule has 5 nitrogen and oxygen atoms in total. The Balaban J connectivity index is 2.37. The van der Waals surface area contributed by atoms with Crippen LogP contribution in [0.4, 0.5) is 5.13 Å². The molecule has 108 valence electrons. The summed E-state index contributed by atoms with van der Waals surface area (Å²) in [6, 6.07) is 3.80. The van der Waals surface area contributed by atoms with Gasteiger partial charge >= 0.3 is 0 Å². The van der Waals surface area contributed by atoms with Gasteiger partial charge in [0.1, 0.15) is 16.0 Å². The summed E-state index contributed by atoms with van der Waals surface area (Å²) in [7, 11) is 3.25. The average Bonchev–Trinajstić information content (AvgIpc) is 2.93. The highest BCUT2D eigenvalue weighted by molar-refractivity contribution is 9.10. The summed E-state index contributed by atoms with van der Waals surface area (Å²) >= 11 is 4.99. The zero-order chi connectivity index (χ0) is 14.5. The van der Waals surface area contributed by atoms with Crippen molar-refractivity contribution in [3.05, 3.63) is 16.6 Å². The fourth-order valence-electron chi connectivity index (χ4n) is 1.70. The largest absolute Gasteiger partial charge is 0.495 e. The Morgan fingerprint density at radius 1 is 1.25 bits per heavy atom. The SMILES string of the molecule is CCCNc1nnc(-c2ccc(OC)c(Br)c2OC)s1. The molecule has 0 saturated carbocycles. The van der Waals surface area contributed by atoms with Gasteiger partial charge in [0, 0.05) is 6.54 Å². The van der Waals surface area contributed by atoms with Crippen molar-refractivity contribution < 1.29 is 9.47 Å². The van der Waals surface area contributed by atoms with E-state index in [0.29, 0.717) is 5.75 Å². The van der Waals surface area contributed by atoms with Crippen molar-refractivity contribution in [3.63, 3.8) is 0 Å². The third kappa shape index (κ3) is 3.04. The molecule has 0 aliphatic rings. The molecule has 0 fully saturated rings. The van der Waals surface area contributed by atoms with Crippen LogP contribution in [0, 0.1) is 0 Å². The van der Waals surface area contributed by atoms with Gasteiger partial charge in [0.25, 0.3) is 0 Å². The zero-order valence-electron chi connectivity index (χ0n) is 11.6. The molecule has 0 saturated heterocycles. The van der Waals surface area contributed by atoms with Crippen LogP contribution >= 0.6 is 27.3 Å². The van der Waals surface area contributed by atoms with Crippen LogP contribution < -0.4 is 14.8 Å². The van der Waals surface area contributed by atoms with Crippen molar-refractivity contribution in [2.75, 3.05) is 26.1 Å². The van der Waals surface area contributed by atoms with Crippen LogP contribution in [0.3, 0.4) is 0 Å². The molecule has 1 N–H and O–H groups in total. The molecule has 0 spiro atoms. The summed E-state index contributed by atoms with van der Waals surface area (Å²) in [6.45, 7) is 3.00. The lowest BCUT2D eigenvalue weighted by Crippen LogP contribution is -1.98. The first-order valence-electron chi connectivity index (χ1n) is 6.19. The molecule has 20 heavy (non-hydrogen) atoms. The van der Waals surface area contributed by atoms with Crippen LogP contribution in [-0.2, 0) is 0 Å². The van der Waals surface area contributed by atoms with E-state index >= 15 is 0 Å². The first kappa shape index (κ1) is 15.1. The lowest BCUT2D eigenvalue weighted by molar-refractivity contribution is 0.390. The molecule has 7 heteroatoms. The van der Waals surface area contributed by atoms with E-state index in [9.17, 15) is 0 Å². The maximum Gasteiger partial charge on any atom is 0.206 e. The van der Waals surface area contributed by atoms with Gasteiger partial charge in [0.05, 0.1) is 19.8 Å². The molecule has 0 aliphatic heterocycles. The number of rotatable bonds is 6. The van der Waals surface area contributed by atoms with Crippen LogP contribution in [0.25, 0.3) is 10.6 Å². The van der Waals surface area contributed by atoms with Gasteiger partial charge in [0.15, 0.2) is 5.01 Å². The van der Waals surface area contributed by atoms with Crippen molar-refractivity contribution in [2.24, 2.45) is 0 Å². The van der Waals surface area contributed by atoms with Crippen molar-refractivity contribution >= 4 is 32.4 Å². The molecule has 1 aromatic heterocycles. The number of methoxy groups -OCH3 is 2. The minimum Gasteiger partial charge on any atom is -0.495 e. The summed E-state index contributed by atoms with van der Waals surface area (Å²) in [5.74, 6) is 1.42. The number of benzene rings is 1. The lowest BCUT2D eigenvalue weighted by atomic mass is 10.2. The van der Waals surface area contributed by atoms with Gasteiger partial charge in [-0.1, -0.05) is 18.3 Å². The smallest absolute Gasteiger partial charge is 0.206 e. The number of anilines is 1. The third-order valence-corrected chi connectivity index (χ3v) is 4.33. The van der Waals surface area contributed by atoms with Gasteiger partial charge in [-0.15, -0.1) is 10.2 Å². The normalized spacial score (nSPS) is 10.4. The average molecular weight is 358 g/mol. The fourth-order valence-corrected chi connectivity index (χ4v) is 3.16. The molecule has 2 aromatic rings. The number of nitrogens with zero attached hydrogens (tertiary/aromatic N) is 2. The molecule has 0 bridgehead atoms. The second kappa shape index (κ2) is 6.90. The molecule has 0 unspecified atom stereocenters. The van der Waals surface area contributed by atoms with Crippen LogP contribution in [0.1, 0.15) is 13.3 Å². The zero-order valence-corrected chi connectivity index (χ0v) is 14.0. The predicted molar refractivity (Wildman–Crippen MR) is 84.9 cm³/mol. The first-order chi connectivity index (χ1) is 9.71. The van der Waals surface area contributed by atoms with Crippen LogP contribution in [0.2, 0.25) is 0 Å². The molecular formula is C13H16BrN3O2S. The maximum atomic E-state index is 5.46. The maximum absolute atomic E-state index is 5.46. The highest BCUT2D eigenvalue weighted by atomic mass is 79.9. The Morgan fingerprint density at radius 2 is 2.05 bits per heavy atom. The van der Waals surface area contributed by atoms with Gasteiger partial charge in [-0.25, -0.2) is 0 Å². The Kier molecular flexibility index (Phi) is 5.19. The standard InChI is InChI=1S/C13H16BrN3O2S/c1-4-7-15-13-17-16-12(20-13)8-5-6-9(18-2)10(14)11(8)19-3/h5-6H,4,7H2,1-3H3,(H,15,17). The number of ether oxygens (including phenoxy) is 2. The Labute approximate surface area is 130 Å². The molecule has 1 heterocycles. The number of halogens is 1. The van der Waals surface area contributed by atoms with Crippen molar-refractivity contribution in [1.82, 2.24) is 10.2 Å². The monoisotopic (exact) mass is 357 g/mol. The highest BCUT2D eigenvalue weighted by Gasteiger charge is 2.17. The summed E-state index contributed by atoms with van der Waals surface area (Å²) in [5, 5.41) is 13.2. The minimum atomic E-state index is 0.697. The lowest BCUT2D eigenvalue weighted by Gasteiger charge is -2.11. The summed E-state index contributed by atoms with van der Waals surface area (Å²) in [6.07, 6.45) is 1.05. The summed E-state index contributed by atoms with van der Waals surface area (Å²) in [4.78, 5) is 0. The molecule has 0 amide bonds. The van der Waals surface area contributed by atoms with Crippen LogP contribution in [0.5, 0.6) is 11.5 Å². The van der Waals surface area contributed by atoms with Gasteiger partial charge in [0.2, 0.25) is 5.13 Å². The molecule has 0 aliphatic carbocycles. The van der Waals surface area contributed by atoms with Gasteiger partial charge in [-0.2, -0.15) is 0 Å². The van der Waals surface area contributed by atoms with E-state index in [0.717, 1.165) is 38.9 Å². The topological polar surface area (TPSA) is 56.3 Å². The van der Waals surface area contributed by atoms with E-state index in [1.54, 1.807) is 14.2 Å². The molecule has 1 aromatic carbocycles. The molecule has 2 rings (SSSR count). The third-order valence-electron chi connectivity index (χ3n) is 2.67. The summed E-state index contributed by atoms with van der Waals surface area (Å²) < 4.78 is 11.5. The Bertz CT molecular complexity index is 589. The van der Waals surface area contributed by atoms with E-state index in [1.165, 1.54) is 11.3 Å². The molecule has 0 atom stereocenters. The Hall–Kier alpha value is -1.34. The van der Waals surface area contributed by atoms with E-state index in [-0.39, 0.29) is 0 Å². The second-order valence-electron chi connectivity index (χ2n) is 4.00. The fraction of sp³-hybridized carbons (Fsp3) is 0.385. The number of hydrogen-bond acceptors (Lipinski definition) is 6. The van der Waals surface area contributed by atoms with E-state index in [4.69, 9.17) is 9.47 Å². The van der Waals surface area contributed by atoms with Crippen molar-refractivity contribution in [2.45, 2.75) is 13.3 Å². The highest BCUT2D eigenvalue weighted by Crippen LogP contribution is 2.43. The predicted octanol–water partition coefficient (Wildman–Crippen LogP) is 3.81. The second-order valence-corrected chi connectivity index (χ2v) is 5.77. The van der Waals surface area contributed by atoms with Crippen LogP contribution in [-0.4, -0.2) is 31.0 Å². The van der Waals surface area contributed by atoms with Crippen LogP contribution in [0.15, 0.2) is 16.6 Å². The summed E-state index contributed by atoms with van der Waals surface area (Å²) in [5.41, 5.74) is 0.891. The minimum absolute atomic E-state index is 0.697. The van der Waals surface area contributed by atoms with Gasteiger partial charge < -0.3 is 14.8 Å². The first-order valence-corrected chi connectivity index (χ1v) is 7.80. The number of hydrogen-bond donors (Lipinski definition) is 1. The number of aromatic nitrogens is 2. The quantitative estimate of drug-likeness (QED) is 0.851. The van der Waals surface area contributed by atoms with Gasteiger partial charge in [-0.3, -0.25) is 0 Å².